The molecule has 0 aromatic carbocycles. The van der Waals surface area contributed by atoms with Crippen molar-refractivity contribution in [1.82, 2.24) is 10.2 Å². The van der Waals surface area contributed by atoms with Crippen molar-refractivity contribution in [3.05, 3.63) is 0 Å². The van der Waals surface area contributed by atoms with Gasteiger partial charge in [0.2, 0.25) is 5.91 Å². The Morgan fingerprint density at radius 2 is 2.05 bits per heavy atom. The van der Waals surface area contributed by atoms with Crippen molar-refractivity contribution in [2.45, 2.75) is 65.6 Å². The summed E-state index contributed by atoms with van der Waals surface area (Å²) in [6, 6.07) is 0.0142. The first-order valence-electron chi connectivity index (χ1n) is 7.74. The minimum Gasteiger partial charge on any atom is -0.381 e. The van der Waals surface area contributed by atoms with Gasteiger partial charge in [0.25, 0.3) is 0 Å². The molecule has 1 amide bonds. The molecule has 1 rings (SSSR count). The lowest BCUT2D eigenvalue weighted by atomic mass is 10.1. The monoisotopic (exact) mass is 270 g/mol. The minimum atomic E-state index is 0.0142. The highest BCUT2D eigenvalue weighted by atomic mass is 16.5. The molecule has 2 atom stereocenters. The molecule has 0 aromatic rings. The Labute approximate surface area is 117 Å². The van der Waals surface area contributed by atoms with Gasteiger partial charge in [0.1, 0.15) is 0 Å². The third-order valence-corrected chi connectivity index (χ3v) is 3.49. The highest BCUT2D eigenvalue weighted by Gasteiger charge is 2.37. The number of amides is 1. The van der Waals surface area contributed by atoms with E-state index in [-0.39, 0.29) is 18.1 Å². The molecule has 0 saturated carbocycles. The van der Waals surface area contributed by atoms with Crippen LogP contribution in [0.2, 0.25) is 0 Å². The lowest BCUT2D eigenvalue weighted by Gasteiger charge is -2.25. The van der Waals surface area contributed by atoms with Crippen LogP contribution in [0.25, 0.3) is 0 Å². The van der Waals surface area contributed by atoms with E-state index in [1.165, 1.54) is 0 Å². The lowest BCUT2D eigenvalue weighted by molar-refractivity contribution is -0.130. The number of nitrogens with zero attached hydrogens (tertiary/aromatic N) is 1. The summed E-state index contributed by atoms with van der Waals surface area (Å²) in [6.45, 7) is 11.0. The third-order valence-electron chi connectivity index (χ3n) is 3.49. The van der Waals surface area contributed by atoms with E-state index in [1.807, 2.05) is 4.90 Å². The maximum atomic E-state index is 12.3. The van der Waals surface area contributed by atoms with E-state index in [1.54, 1.807) is 0 Å². The highest BCUT2D eigenvalue weighted by molar-refractivity contribution is 5.84. The molecule has 0 spiro atoms. The Bertz CT molecular complexity index is 269. The van der Waals surface area contributed by atoms with Gasteiger partial charge in [-0.15, -0.1) is 0 Å². The number of nitrogens with one attached hydrogen (secondary N) is 1. The summed E-state index contributed by atoms with van der Waals surface area (Å²) in [5, 5.41) is 3.46. The van der Waals surface area contributed by atoms with E-state index in [9.17, 15) is 4.79 Å². The Morgan fingerprint density at radius 3 is 2.63 bits per heavy atom. The van der Waals surface area contributed by atoms with Crippen molar-refractivity contribution < 1.29 is 9.53 Å². The van der Waals surface area contributed by atoms with Crippen molar-refractivity contribution in [2.24, 2.45) is 5.92 Å². The summed E-state index contributed by atoms with van der Waals surface area (Å²) in [6.07, 6.45) is 4.09. The van der Waals surface area contributed by atoms with Crippen LogP contribution >= 0.6 is 0 Å². The first kappa shape index (κ1) is 16.4. The Kier molecular flexibility index (Phi) is 7.39. The molecule has 1 aliphatic heterocycles. The van der Waals surface area contributed by atoms with Crippen LogP contribution in [0, 0.1) is 5.92 Å². The van der Waals surface area contributed by atoms with Crippen LogP contribution in [0.5, 0.6) is 0 Å². The van der Waals surface area contributed by atoms with Gasteiger partial charge in [0.05, 0.1) is 12.2 Å². The van der Waals surface area contributed by atoms with Crippen LogP contribution in [0.3, 0.4) is 0 Å². The van der Waals surface area contributed by atoms with Gasteiger partial charge >= 0.3 is 0 Å². The molecule has 1 heterocycles. The van der Waals surface area contributed by atoms with Crippen LogP contribution in [0.4, 0.5) is 0 Å². The van der Waals surface area contributed by atoms with Gasteiger partial charge in [-0.05, 0) is 31.6 Å². The number of hydrogen-bond donors (Lipinski definition) is 1. The molecule has 1 aliphatic rings. The van der Waals surface area contributed by atoms with Crippen LogP contribution in [-0.4, -0.2) is 42.8 Å². The fourth-order valence-corrected chi connectivity index (χ4v) is 2.53. The highest BCUT2D eigenvalue weighted by Crippen LogP contribution is 2.19. The van der Waals surface area contributed by atoms with E-state index in [0.29, 0.717) is 5.92 Å². The van der Waals surface area contributed by atoms with Crippen LogP contribution in [0.1, 0.15) is 53.4 Å². The second kappa shape index (κ2) is 8.54. The van der Waals surface area contributed by atoms with Gasteiger partial charge in [0.15, 0.2) is 0 Å². The average molecular weight is 270 g/mol. The molecular formula is C15H30N2O2. The van der Waals surface area contributed by atoms with Crippen molar-refractivity contribution in [3.8, 4) is 0 Å². The van der Waals surface area contributed by atoms with E-state index in [4.69, 9.17) is 4.74 Å². The standard InChI is InChI=1S/C15H30N2O2/c1-5-9-19-10-7-8-17-14(11-12(3)4)16-13(6-2)15(17)18/h12-14,16H,5-11H2,1-4H3. The lowest BCUT2D eigenvalue weighted by Crippen LogP contribution is -2.39. The molecule has 0 bridgehead atoms. The molecule has 4 nitrogen and oxygen atoms in total. The van der Waals surface area contributed by atoms with Gasteiger partial charge in [-0.3, -0.25) is 10.1 Å². The molecule has 112 valence electrons. The zero-order chi connectivity index (χ0) is 14.3. The number of rotatable bonds is 9. The summed E-state index contributed by atoms with van der Waals surface area (Å²) in [5.74, 6) is 0.864. The molecule has 1 N–H and O–H groups in total. The molecular weight excluding hydrogens is 240 g/mol. The zero-order valence-electron chi connectivity index (χ0n) is 12.9. The van der Waals surface area contributed by atoms with E-state index in [2.05, 4.69) is 33.0 Å². The minimum absolute atomic E-state index is 0.0142. The van der Waals surface area contributed by atoms with Crippen LogP contribution < -0.4 is 5.32 Å². The van der Waals surface area contributed by atoms with E-state index < -0.39 is 0 Å². The maximum absolute atomic E-state index is 12.3. The second-order valence-electron chi connectivity index (χ2n) is 5.77. The number of hydrogen-bond acceptors (Lipinski definition) is 3. The quantitative estimate of drug-likeness (QED) is 0.654. The maximum Gasteiger partial charge on any atom is 0.241 e. The zero-order valence-corrected chi connectivity index (χ0v) is 12.9. The fourth-order valence-electron chi connectivity index (χ4n) is 2.53. The molecule has 0 radical (unpaired) electrons. The van der Waals surface area contributed by atoms with Crippen molar-refractivity contribution >= 4 is 5.91 Å². The summed E-state index contributed by atoms with van der Waals surface area (Å²) >= 11 is 0. The molecule has 2 unspecified atom stereocenters. The van der Waals surface area contributed by atoms with Gasteiger partial charge in [0, 0.05) is 19.8 Å². The summed E-state index contributed by atoms with van der Waals surface area (Å²) in [5.41, 5.74) is 0. The molecule has 19 heavy (non-hydrogen) atoms. The molecule has 1 saturated heterocycles. The summed E-state index contributed by atoms with van der Waals surface area (Å²) < 4.78 is 5.49. The number of carbonyl (C=O) groups is 1. The van der Waals surface area contributed by atoms with Gasteiger partial charge < -0.3 is 9.64 Å². The second-order valence-corrected chi connectivity index (χ2v) is 5.77. The number of carbonyl (C=O) groups excluding carboxylic acids is 1. The van der Waals surface area contributed by atoms with Gasteiger partial charge in [-0.25, -0.2) is 0 Å². The Hall–Kier alpha value is -0.610. The predicted molar refractivity (Wildman–Crippen MR) is 77.9 cm³/mol. The first-order valence-corrected chi connectivity index (χ1v) is 7.74. The Balaban J connectivity index is 2.43. The van der Waals surface area contributed by atoms with Gasteiger partial charge in [-0.1, -0.05) is 27.7 Å². The van der Waals surface area contributed by atoms with Gasteiger partial charge in [-0.2, -0.15) is 0 Å². The summed E-state index contributed by atoms with van der Waals surface area (Å²) in [4.78, 5) is 14.3. The van der Waals surface area contributed by atoms with Crippen LogP contribution in [0.15, 0.2) is 0 Å². The smallest absolute Gasteiger partial charge is 0.241 e. The predicted octanol–water partition coefficient (Wildman–Crippen LogP) is 2.39. The summed E-state index contributed by atoms with van der Waals surface area (Å²) in [7, 11) is 0. The van der Waals surface area contributed by atoms with Crippen molar-refractivity contribution in [2.75, 3.05) is 19.8 Å². The van der Waals surface area contributed by atoms with E-state index in [0.717, 1.165) is 45.4 Å². The normalized spacial score (nSPS) is 23.6. The van der Waals surface area contributed by atoms with Crippen molar-refractivity contribution in [1.29, 1.82) is 0 Å². The largest absolute Gasteiger partial charge is 0.381 e. The molecule has 1 fully saturated rings. The molecule has 4 heteroatoms. The fraction of sp³-hybridized carbons (Fsp3) is 0.933. The average Bonchev–Trinajstić information content (AvgIpc) is 2.65. The SMILES string of the molecule is CCCOCCCN1C(=O)C(CC)NC1CC(C)C. The van der Waals surface area contributed by atoms with Crippen molar-refractivity contribution in [3.63, 3.8) is 0 Å². The Morgan fingerprint density at radius 1 is 1.32 bits per heavy atom. The topological polar surface area (TPSA) is 41.6 Å². The third kappa shape index (κ3) is 5.11. The molecule has 0 aromatic heterocycles. The number of ether oxygens (including phenoxy) is 1. The first-order chi connectivity index (χ1) is 9.10. The van der Waals surface area contributed by atoms with Crippen LogP contribution in [-0.2, 0) is 9.53 Å². The van der Waals surface area contributed by atoms with E-state index >= 15 is 0 Å². The molecule has 0 aliphatic carbocycles.